The van der Waals surface area contributed by atoms with Gasteiger partial charge in [0.1, 0.15) is 11.5 Å². The second kappa shape index (κ2) is 16.0. The first-order valence-corrected chi connectivity index (χ1v) is 19.0. The lowest BCUT2D eigenvalue weighted by Crippen LogP contribution is -2.45. The van der Waals surface area contributed by atoms with Crippen LogP contribution in [0.5, 0.6) is 11.5 Å². The Morgan fingerprint density at radius 3 is 1.68 bits per heavy atom. The van der Waals surface area contributed by atoms with E-state index in [2.05, 4.69) is 86.6 Å². The third-order valence-corrected chi connectivity index (χ3v) is 11.3. The van der Waals surface area contributed by atoms with E-state index in [1.807, 2.05) is 0 Å². The predicted molar refractivity (Wildman–Crippen MR) is 183 cm³/mol. The number of hydrogen-bond acceptors (Lipinski definition) is 6. The molecule has 0 radical (unpaired) electrons. The van der Waals surface area contributed by atoms with Gasteiger partial charge in [0.15, 0.2) is 0 Å². The van der Waals surface area contributed by atoms with Crippen LogP contribution in [0, 0.1) is 19.3 Å². The van der Waals surface area contributed by atoms with Crippen LogP contribution in [0.1, 0.15) is 126 Å². The van der Waals surface area contributed by atoms with E-state index in [1.54, 1.807) is 0 Å². The molecule has 0 N–H and O–H groups in total. The number of aryl methyl sites for hydroxylation is 4. The van der Waals surface area contributed by atoms with Gasteiger partial charge in [0.2, 0.25) is 0 Å². The molecule has 0 aliphatic carbocycles. The molecule has 0 saturated carbocycles. The van der Waals surface area contributed by atoms with Gasteiger partial charge < -0.3 is 27.1 Å². The van der Waals surface area contributed by atoms with Crippen molar-refractivity contribution in [3.05, 3.63) is 57.6 Å². The average molecular weight is 647 g/mol. The van der Waals surface area contributed by atoms with Crippen LogP contribution in [0.3, 0.4) is 0 Å². The summed E-state index contributed by atoms with van der Waals surface area (Å²) in [5.41, 5.74) is 7.14. The molecule has 4 rings (SSSR count). The summed E-state index contributed by atoms with van der Waals surface area (Å²) in [5.74, 6) is 2.27. The molecule has 8 heteroatoms. The van der Waals surface area contributed by atoms with Crippen LogP contribution in [0.4, 0.5) is 0 Å². The van der Waals surface area contributed by atoms with Crippen molar-refractivity contribution in [1.29, 1.82) is 0 Å². The third-order valence-electron chi connectivity index (χ3n) is 9.24. The quantitative estimate of drug-likeness (QED) is 0.190. The highest BCUT2D eigenvalue weighted by Crippen LogP contribution is 2.55. The standard InChI is InChI=1S/C36H56O6P2/c1-10-14-16-29-18-26(5)19-30(17-15-11-2)33(29)41-43-37-22-36(23-38-43)24-39-44(40-25-36)42-34-31(28(7)12-3)20-27(6)21-32(34)35(8,9)13-4/h18-21,28H,10-17,22-25H2,1-9H3. The zero-order valence-corrected chi connectivity index (χ0v) is 30.5. The minimum atomic E-state index is -1.53. The van der Waals surface area contributed by atoms with Gasteiger partial charge in [0.05, 0.1) is 31.8 Å². The van der Waals surface area contributed by atoms with Crippen LogP contribution >= 0.6 is 17.2 Å². The Labute approximate surface area is 269 Å². The maximum absolute atomic E-state index is 6.64. The SMILES string of the molecule is CCCCc1cc(C)cc(CCCC)c1OP1OCC2(CO1)COP(Oc1c(C(C)CC)cc(C)cc1C(C)(C)CC)OC2. The molecule has 2 saturated heterocycles. The minimum absolute atomic E-state index is 0.0254. The Balaban J connectivity index is 1.42. The van der Waals surface area contributed by atoms with Gasteiger partial charge in [-0.3, -0.25) is 0 Å². The summed E-state index contributed by atoms with van der Waals surface area (Å²) < 4.78 is 38.3. The first-order chi connectivity index (χ1) is 21.0. The molecule has 2 aromatic rings. The normalized spacial score (nSPS) is 23.1. The van der Waals surface area contributed by atoms with Gasteiger partial charge in [0, 0.05) is 5.56 Å². The van der Waals surface area contributed by atoms with E-state index in [1.165, 1.54) is 33.4 Å². The van der Waals surface area contributed by atoms with Crippen LogP contribution in [0.2, 0.25) is 0 Å². The molecule has 1 spiro atoms. The van der Waals surface area contributed by atoms with Crippen molar-refractivity contribution in [2.24, 2.45) is 5.41 Å². The molecule has 44 heavy (non-hydrogen) atoms. The number of hydrogen-bond donors (Lipinski definition) is 0. The predicted octanol–water partition coefficient (Wildman–Crippen LogP) is 11.2. The Morgan fingerprint density at radius 1 is 0.750 bits per heavy atom. The van der Waals surface area contributed by atoms with E-state index in [9.17, 15) is 0 Å². The van der Waals surface area contributed by atoms with E-state index >= 15 is 0 Å². The summed E-state index contributed by atoms with van der Waals surface area (Å²) in [7, 11) is -3.03. The molecule has 6 nitrogen and oxygen atoms in total. The van der Waals surface area contributed by atoms with Crippen molar-refractivity contribution in [2.75, 3.05) is 26.4 Å². The summed E-state index contributed by atoms with van der Waals surface area (Å²) in [6.07, 6.45) is 8.62. The highest BCUT2D eigenvalue weighted by atomic mass is 31.2. The summed E-state index contributed by atoms with van der Waals surface area (Å²) in [5, 5.41) is 0. The molecule has 0 amide bonds. The van der Waals surface area contributed by atoms with Crippen molar-refractivity contribution < 1.29 is 27.1 Å². The molecule has 2 fully saturated rings. The van der Waals surface area contributed by atoms with Gasteiger partial charge in [-0.2, -0.15) is 0 Å². The van der Waals surface area contributed by atoms with E-state index in [0.717, 1.165) is 62.9 Å². The first-order valence-electron chi connectivity index (χ1n) is 16.8. The van der Waals surface area contributed by atoms with E-state index in [0.29, 0.717) is 32.3 Å². The summed E-state index contributed by atoms with van der Waals surface area (Å²) >= 11 is 0. The zero-order chi connectivity index (χ0) is 31.9. The molecule has 2 aliphatic rings. The summed E-state index contributed by atoms with van der Waals surface area (Å²) in [6, 6.07) is 9.06. The maximum Gasteiger partial charge on any atom is 0.397 e. The lowest BCUT2D eigenvalue weighted by atomic mass is 9.79. The molecule has 0 bridgehead atoms. The van der Waals surface area contributed by atoms with Crippen molar-refractivity contribution in [2.45, 2.75) is 125 Å². The summed E-state index contributed by atoms with van der Waals surface area (Å²) in [4.78, 5) is 0. The lowest BCUT2D eigenvalue weighted by molar-refractivity contribution is -0.0674. The van der Waals surface area contributed by atoms with Gasteiger partial charge >= 0.3 is 17.2 Å². The van der Waals surface area contributed by atoms with E-state index in [-0.39, 0.29) is 10.8 Å². The highest BCUT2D eigenvalue weighted by molar-refractivity contribution is 7.42. The molecular weight excluding hydrogens is 590 g/mol. The third kappa shape index (κ3) is 8.75. The fraction of sp³-hybridized carbons (Fsp3) is 0.667. The Morgan fingerprint density at radius 2 is 1.23 bits per heavy atom. The molecule has 246 valence electrons. The number of unbranched alkanes of at least 4 members (excludes halogenated alkanes) is 2. The largest absolute Gasteiger partial charge is 0.426 e. The highest BCUT2D eigenvalue weighted by Gasteiger charge is 2.45. The van der Waals surface area contributed by atoms with Gasteiger partial charge in [-0.1, -0.05) is 96.7 Å². The van der Waals surface area contributed by atoms with Crippen LogP contribution in [-0.2, 0) is 36.4 Å². The Bertz CT molecular complexity index is 1180. The van der Waals surface area contributed by atoms with Crippen LogP contribution < -0.4 is 9.05 Å². The molecule has 1 unspecified atom stereocenters. The Hall–Kier alpha value is -1.26. The molecule has 2 aromatic carbocycles. The van der Waals surface area contributed by atoms with Crippen LogP contribution in [0.15, 0.2) is 24.3 Å². The fourth-order valence-corrected chi connectivity index (χ4v) is 8.28. The maximum atomic E-state index is 6.64. The average Bonchev–Trinajstić information content (AvgIpc) is 3.02. The molecule has 0 aromatic heterocycles. The first kappa shape index (κ1) is 35.6. The molecule has 2 heterocycles. The monoisotopic (exact) mass is 646 g/mol. The van der Waals surface area contributed by atoms with Gasteiger partial charge in [-0.25, -0.2) is 0 Å². The van der Waals surface area contributed by atoms with Crippen molar-refractivity contribution in [1.82, 2.24) is 0 Å². The van der Waals surface area contributed by atoms with E-state index < -0.39 is 17.2 Å². The summed E-state index contributed by atoms with van der Waals surface area (Å²) in [6.45, 7) is 22.0. The van der Waals surface area contributed by atoms with Crippen molar-refractivity contribution in [3.8, 4) is 11.5 Å². The second-order valence-corrected chi connectivity index (χ2v) is 15.9. The minimum Gasteiger partial charge on any atom is -0.426 e. The number of benzene rings is 2. The fourth-order valence-electron chi connectivity index (χ4n) is 5.67. The van der Waals surface area contributed by atoms with Crippen molar-refractivity contribution in [3.63, 3.8) is 0 Å². The molecule has 1 atom stereocenters. The number of rotatable bonds is 14. The smallest absolute Gasteiger partial charge is 0.397 e. The van der Waals surface area contributed by atoms with E-state index in [4.69, 9.17) is 27.1 Å². The molecule has 2 aliphatic heterocycles. The Kier molecular flexibility index (Phi) is 13.0. The van der Waals surface area contributed by atoms with Crippen molar-refractivity contribution >= 4 is 17.2 Å². The lowest BCUT2D eigenvalue weighted by Gasteiger charge is -2.41. The van der Waals surface area contributed by atoms with Crippen LogP contribution in [0.25, 0.3) is 0 Å². The van der Waals surface area contributed by atoms with Gasteiger partial charge in [-0.15, -0.1) is 0 Å². The van der Waals surface area contributed by atoms with Gasteiger partial charge in [0.25, 0.3) is 0 Å². The zero-order valence-electron chi connectivity index (χ0n) is 28.7. The van der Waals surface area contributed by atoms with Crippen LogP contribution in [-0.4, -0.2) is 26.4 Å². The molecular formula is C36H56O6P2. The van der Waals surface area contributed by atoms with Gasteiger partial charge in [-0.05, 0) is 80.4 Å². The second-order valence-electron chi connectivity index (χ2n) is 13.6. The topological polar surface area (TPSA) is 55.4 Å².